The Kier molecular flexibility index (Phi) is 4.63. The van der Waals surface area contributed by atoms with Gasteiger partial charge in [-0.15, -0.1) is 0 Å². The van der Waals surface area contributed by atoms with E-state index < -0.39 is 22.4 Å². The average molecular weight is 323 g/mol. The Labute approximate surface area is 129 Å². The number of hydrazone groups is 1. The monoisotopic (exact) mass is 323 g/mol. The van der Waals surface area contributed by atoms with E-state index in [0.29, 0.717) is 11.8 Å². The largest absolute Gasteiger partial charge is 0.416 e. The molecule has 2 rings (SSSR count). The molecule has 0 atom stereocenters. The Hall–Kier alpha value is -2.90. The SMILES string of the molecule is CC(=NNc1ccc(C(F)(F)F)cc1[N+](=O)[O-])c1ccccc1. The van der Waals surface area contributed by atoms with Crippen molar-refractivity contribution in [2.45, 2.75) is 13.1 Å². The maximum Gasteiger partial charge on any atom is 0.416 e. The number of nitrogens with zero attached hydrogens (tertiary/aromatic N) is 2. The minimum atomic E-state index is -4.65. The lowest BCUT2D eigenvalue weighted by atomic mass is 10.1. The van der Waals surface area contributed by atoms with Gasteiger partial charge < -0.3 is 0 Å². The second kappa shape index (κ2) is 6.47. The lowest BCUT2D eigenvalue weighted by Crippen LogP contribution is -2.07. The molecular weight excluding hydrogens is 311 g/mol. The van der Waals surface area contributed by atoms with Gasteiger partial charge in [-0.2, -0.15) is 18.3 Å². The number of benzene rings is 2. The molecule has 8 heteroatoms. The van der Waals surface area contributed by atoms with Crippen LogP contribution in [-0.4, -0.2) is 10.6 Å². The van der Waals surface area contributed by atoms with E-state index in [-0.39, 0.29) is 5.69 Å². The van der Waals surface area contributed by atoms with Gasteiger partial charge in [-0.1, -0.05) is 30.3 Å². The highest BCUT2D eigenvalue weighted by Crippen LogP contribution is 2.34. The molecular formula is C15H12F3N3O2. The molecule has 0 aliphatic rings. The van der Waals surface area contributed by atoms with Crippen molar-refractivity contribution >= 4 is 17.1 Å². The van der Waals surface area contributed by atoms with Crippen molar-refractivity contribution < 1.29 is 18.1 Å². The van der Waals surface area contributed by atoms with E-state index in [1.807, 2.05) is 6.07 Å². The molecule has 0 aliphatic carbocycles. The Balaban J connectivity index is 2.31. The summed E-state index contributed by atoms with van der Waals surface area (Å²) in [6, 6.07) is 11.2. The summed E-state index contributed by atoms with van der Waals surface area (Å²) < 4.78 is 37.9. The lowest BCUT2D eigenvalue weighted by Gasteiger charge is -2.09. The molecule has 0 spiro atoms. The predicted molar refractivity (Wildman–Crippen MR) is 80.4 cm³/mol. The van der Waals surface area contributed by atoms with Gasteiger partial charge in [0.25, 0.3) is 5.69 Å². The minimum absolute atomic E-state index is 0.113. The molecule has 5 nitrogen and oxygen atoms in total. The molecule has 0 heterocycles. The first-order valence-corrected chi connectivity index (χ1v) is 6.50. The molecule has 0 saturated heterocycles. The van der Waals surface area contributed by atoms with Crippen LogP contribution >= 0.6 is 0 Å². The van der Waals surface area contributed by atoms with Crippen LogP contribution in [0.5, 0.6) is 0 Å². The van der Waals surface area contributed by atoms with Gasteiger partial charge in [-0.25, -0.2) is 0 Å². The van der Waals surface area contributed by atoms with Crippen molar-refractivity contribution in [1.82, 2.24) is 0 Å². The first kappa shape index (κ1) is 16.5. The van der Waals surface area contributed by atoms with E-state index in [4.69, 9.17) is 0 Å². The number of hydrogen-bond donors (Lipinski definition) is 1. The van der Waals surface area contributed by atoms with Crippen molar-refractivity contribution in [2.75, 3.05) is 5.43 Å². The summed E-state index contributed by atoms with van der Waals surface area (Å²) in [5, 5.41) is 14.9. The topological polar surface area (TPSA) is 67.5 Å². The minimum Gasteiger partial charge on any atom is -0.271 e. The van der Waals surface area contributed by atoms with Crippen molar-refractivity contribution in [1.29, 1.82) is 0 Å². The predicted octanol–water partition coefficient (Wildman–Crippen LogP) is 4.45. The molecule has 2 aromatic carbocycles. The third-order valence-corrected chi connectivity index (χ3v) is 3.06. The van der Waals surface area contributed by atoms with Crippen LogP contribution in [-0.2, 0) is 6.18 Å². The van der Waals surface area contributed by atoms with Gasteiger partial charge >= 0.3 is 6.18 Å². The quantitative estimate of drug-likeness (QED) is 0.513. The number of alkyl halides is 3. The Bertz CT molecular complexity index is 743. The summed E-state index contributed by atoms with van der Waals surface area (Å²) >= 11 is 0. The average Bonchev–Trinajstić information content (AvgIpc) is 2.52. The maximum atomic E-state index is 12.6. The zero-order valence-electron chi connectivity index (χ0n) is 12.0. The molecule has 23 heavy (non-hydrogen) atoms. The highest BCUT2D eigenvalue weighted by atomic mass is 19.4. The number of nitro groups is 1. The van der Waals surface area contributed by atoms with Gasteiger partial charge in [0.05, 0.1) is 16.2 Å². The summed E-state index contributed by atoms with van der Waals surface area (Å²) in [6.07, 6.45) is -4.65. The number of hydrogen-bond acceptors (Lipinski definition) is 4. The zero-order valence-corrected chi connectivity index (χ0v) is 12.0. The third kappa shape index (κ3) is 4.06. The molecule has 120 valence electrons. The van der Waals surface area contributed by atoms with Crippen LogP contribution in [0, 0.1) is 10.1 Å². The molecule has 0 aliphatic heterocycles. The normalized spacial score (nSPS) is 12.1. The second-order valence-electron chi connectivity index (χ2n) is 4.66. The van der Waals surface area contributed by atoms with Crippen LogP contribution < -0.4 is 5.43 Å². The van der Waals surface area contributed by atoms with Gasteiger partial charge in [-0.05, 0) is 24.6 Å². The van der Waals surface area contributed by atoms with Crippen LogP contribution in [0.3, 0.4) is 0 Å². The van der Waals surface area contributed by atoms with E-state index in [1.165, 1.54) is 0 Å². The van der Waals surface area contributed by atoms with Gasteiger partial charge in [0.2, 0.25) is 0 Å². The summed E-state index contributed by atoms with van der Waals surface area (Å²) in [5.41, 5.74) is 1.89. The van der Waals surface area contributed by atoms with E-state index >= 15 is 0 Å². The first-order chi connectivity index (χ1) is 10.8. The number of nitrogens with one attached hydrogen (secondary N) is 1. The van der Waals surface area contributed by atoms with Crippen LogP contribution in [0.15, 0.2) is 53.6 Å². The van der Waals surface area contributed by atoms with E-state index in [0.717, 1.165) is 17.7 Å². The summed E-state index contributed by atoms with van der Waals surface area (Å²) in [6.45, 7) is 1.68. The molecule has 0 aromatic heterocycles. The van der Waals surface area contributed by atoms with Crippen molar-refractivity contribution in [2.24, 2.45) is 5.10 Å². The van der Waals surface area contributed by atoms with E-state index in [1.54, 1.807) is 31.2 Å². The fourth-order valence-corrected chi connectivity index (χ4v) is 1.84. The molecule has 0 bridgehead atoms. The van der Waals surface area contributed by atoms with Crippen LogP contribution in [0.25, 0.3) is 0 Å². The molecule has 0 radical (unpaired) electrons. The second-order valence-corrected chi connectivity index (χ2v) is 4.66. The van der Waals surface area contributed by atoms with Crippen LogP contribution in [0.4, 0.5) is 24.5 Å². The lowest BCUT2D eigenvalue weighted by molar-refractivity contribution is -0.384. The Morgan fingerprint density at radius 1 is 1.17 bits per heavy atom. The Morgan fingerprint density at radius 2 is 1.83 bits per heavy atom. The number of nitro benzene ring substituents is 1. The summed E-state index contributed by atoms with van der Waals surface area (Å²) in [5.74, 6) is 0. The number of anilines is 1. The third-order valence-electron chi connectivity index (χ3n) is 3.06. The molecule has 0 fully saturated rings. The number of halogens is 3. The van der Waals surface area contributed by atoms with Gasteiger partial charge in [-0.3, -0.25) is 15.5 Å². The van der Waals surface area contributed by atoms with Crippen LogP contribution in [0.1, 0.15) is 18.1 Å². The van der Waals surface area contributed by atoms with Gasteiger partial charge in [0.1, 0.15) is 5.69 Å². The fourth-order valence-electron chi connectivity index (χ4n) is 1.84. The van der Waals surface area contributed by atoms with Crippen molar-refractivity contribution in [3.05, 3.63) is 69.8 Å². The highest BCUT2D eigenvalue weighted by molar-refractivity contribution is 5.99. The van der Waals surface area contributed by atoms with Crippen molar-refractivity contribution in [3.63, 3.8) is 0 Å². The zero-order chi connectivity index (χ0) is 17.0. The smallest absolute Gasteiger partial charge is 0.271 e. The molecule has 0 unspecified atom stereocenters. The maximum absolute atomic E-state index is 12.6. The molecule has 0 saturated carbocycles. The standard InChI is InChI=1S/C15H12F3N3O2/c1-10(11-5-3-2-4-6-11)19-20-13-8-7-12(15(16,17)18)9-14(13)21(22)23/h2-9,20H,1H3. The van der Waals surface area contributed by atoms with E-state index in [2.05, 4.69) is 10.5 Å². The molecule has 0 amide bonds. The van der Waals surface area contributed by atoms with Gasteiger partial charge in [0, 0.05) is 6.07 Å². The van der Waals surface area contributed by atoms with E-state index in [9.17, 15) is 23.3 Å². The fraction of sp³-hybridized carbons (Fsp3) is 0.133. The summed E-state index contributed by atoms with van der Waals surface area (Å²) in [7, 11) is 0. The summed E-state index contributed by atoms with van der Waals surface area (Å²) in [4.78, 5) is 10.1. The van der Waals surface area contributed by atoms with Gasteiger partial charge in [0.15, 0.2) is 0 Å². The Morgan fingerprint density at radius 3 is 2.39 bits per heavy atom. The highest BCUT2D eigenvalue weighted by Gasteiger charge is 2.33. The van der Waals surface area contributed by atoms with Crippen molar-refractivity contribution in [3.8, 4) is 0 Å². The molecule has 2 aromatic rings. The number of rotatable bonds is 4. The van der Waals surface area contributed by atoms with Crippen LogP contribution in [0.2, 0.25) is 0 Å². The molecule has 1 N–H and O–H groups in total. The first-order valence-electron chi connectivity index (χ1n) is 6.50.